The van der Waals surface area contributed by atoms with Gasteiger partial charge in [0.05, 0.1) is 5.69 Å². The first-order valence-corrected chi connectivity index (χ1v) is 10.1. The van der Waals surface area contributed by atoms with Crippen molar-refractivity contribution in [3.8, 4) is 5.75 Å². The predicted molar refractivity (Wildman–Crippen MR) is 122 cm³/mol. The fourth-order valence-corrected chi connectivity index (χ4v) is 3.20. The molecular weight excluding hydrogens is 430 g/mol. The summed E-state index contributed by atoms with van der Waals surface area (Å²) in [4.78, 5) is 37.4. The first-order valence-electron chi connectivity index (χ1n) is 9.71. The Morgan fingerprint density at radius 2 is 1.66 bits per heavy atom. The van der Waals surface area contributed by atoms with Crippen molar-refractivity contribution in [2.45, 2.75) is 0 Å². The summed E-state index contributed by atoms with van der Waals surface area (Å²) < 4.78 is 5.65. The lowest BCUT2D eigenvalue weighted by molar-refractivity contribution is -0.118. The van der Waals surface area contributed by atoms with Crippen LogP contribution in [0.1, 0.15) is 5.56 Å². The summed E-state index contributed by atoms with van der Waals surface area (Å²) in [6, 6.07) is 22.4. The maximum Gasteiger partial charge on any atom is 0.282 e. The molecule has 1 aliphatic rings. The summed E-state index contributed by atoms with van der Waals surface area (Å²) in [5.74, 6) is -0.990. The molecular formula is C24H18ClN3O4. The van der Waals surface area contributed by atoms with E-state index in [4.69, 9.17) is 16.3 Å². The third kappa shape index (κ3) is 4.79. The van der Waals surface area contributed by atoms with Crippen LogP contribution in [0.25, 0.3) is 6.08 Å². The second-order valence-electron chi connectivity index (χ2n) is 6.86. The van der Waals surface area contributed by atoms with Crippen molar-refractivity contribution in [1.82, 2.24) is 5.43 Å². The van der Waals surface area contributed by atoms with Crippen molar-refractivity contribution in [2.24, 2.45) is 0 Å². The minimum atomic E-state index is -0.519. The van der Waals surface area contributed by atoms with Crippen LogP contribution in [0.5, 0.6) is 5.75 Å². The van der Waals surface area contributed by atoms with Gasteiger partial charge in [-0.05, 0) is 48.5 Å². The van der Waals surface area contributed by atoms with Crippen LogP contribution in [0.3, 0.4) is 0 Å². The number of anilines is 2. The maximum atomic E-state index is 12.8. The van der Waals surface area contributed by atoms with Crippen molar-refractivity contribution in [1.29, 1.82) is 0 Å². The molecule has 3 amide bonds. The molecule has 32 heavy (non-hydrogen) atoms. The summed E-state index contributed by atoms with van der Waals surface area (Å²) in [6.45, 7) is -0.251. The summed E-state index contributed by atoms with van der Waals surface area (Å²) in [6.07, 6.45) is 1.45. The number of halogens is 1. The minimum Gasteiger partial charge on any atom is -0.483 e. The van der Waals surface area contributed by atoms with Crippen LogP contribution in [-0.2, 0) is 14.4 Å². The Bertz CT molecular complexity index is 1190. The van der Waals surface area contributed by atoms with E-state index < -0.39 is 11.8 Å². The monoisotopic (exact) mass is 447 g/mol. The van der Waals surface area contributed by atoms with Crippen LogP contribution >= 0.6 is 11.6 Å². The molecule has 0 atom stereocenters. The number of amides is 3. The summed E-state index contributed by atoms with van der Waals surface area (Å²) >= 11 is 5.84. The van der Waals surface area contributed by atoms with Gasteiger partial charge in [-0.25, -0.2) is 5.01 Å². The Kier molecular flexibility index (Phi) is 6.19. The van der Waals surface area contributed by atoms with Gasteiger partial charge in [-0.15, -0.1) is 0 Å². The van der Waals surface area contributed by atoms with Gasteiger partial charge in [-0.2, -0.15) is 0 Å². The molecule has 2 N–H and O–H groups in total. The highest BCUT2D eigenvalue weighted by atomic mass is 35.5. The van der Waals surface area contributed by atoms with Crippen LogP contribution in [0.2, 0.25) is 5.02 Å². The minimum absolute atomic E-state index is 0.0319. The zero-order valence-corrected chi connectivity index (χ0v) is 17.5. The first-order chi connectivity index (χ1) is 15.5. The Morgan fingerprint density at radius 1 is 0.969 bits per heavy atom. The largest absolute Gasteiger partial charge is 0.483 e. The highest BCUT2D eigenvalue weighted by Gasteiger charge is 2.34. The van der Waals surface area contributed by atoms with Crippen LogP contribution in [-0.4, -0.2) is 24.3 Å². The number of carbonyl (C=O) groups excluding carboxylic acids is 3. The number of nitrogens with zero attached hydrogens (tertiary/aromatic N) is 1. The van der Waals surface area contributed by atoms with E-state index >= 15 is 0 Å². The molecule has 1 fully saturated rings. The van der Waals surface area contributed by atoms with Crippen LogP contribution < -0.4 is 20.5 Å². The van der Waals surface area contributed by atoms with Gasteiger partial charge in [0, 0.05) is 16.3 Å². The van der Waals surface area contributed by atoms with Crippen molar-refractivity contribution in [3.05, 3.63) is 95.0 Å². The van der Waals surface area contributed by atoms with E-state index in [2.05, 4.69) is 10.7 Å². The number of para-hydroxylation sites is 2. The maximum absolute atomic E-state index is 12.8. The molecule has 1 heterocycles. The molecule has 1 aliphatic heterocycles. The standard InChI is InChI=1S/C24H18ClN3O4/c25-17-10-12-18(13-11-17)26-22(29)15-32-21-9-5-4-6-16(21)14-20-23(30)27-28(24(20)31)19-7-2-1-3-8-19/h1-14H,15H2,(H,26,29)(H,27,30)/b20-14-. The molecule has 0 aliphatic carbocycles. The van der Waals surface area contributed by atoms with E-state index in [-0.39, 0.29) is 18.1 Å². The van der Waals surface area contributed by atoms with E-state index in [9.17, 15) is 14.4 Å². The number of hydrogen-bond acceptors (Lipinski definition) is 4. The second-order valence-corrected chi connectivity index (χ2v) is 7.29. The number of ether oxygens (including phenoxy) is 1. The zero-order chi connectivity index (χ0) is 22.5. The molecule has 0 radical (unpaired) electrons. The number of hydrogen-bond donors (Lipinski definition) is 2. The highest BCUT2D eigenvalue weighted by Crippen LogP contribution is 2.25. The second kappa shape index (κ2) is 9.36. The summed E-state index contributed by atoms with van der Waals surface area (Å²) in [5, 5.41) is 4.47. The van der Waals surface area contributed by atoms with E-state index in [1.807, 2.05) is 6.07 Å². The van der Waals surface area contributed by atoms with Gasteiger partial charge >= 0.3 is 0 Å². The predicted octanol–water partition coefficient (Wildman–Crippen LogP) is 3.82. The van der Waals surface area contributed by atoms with Crippen LogP contribution in [0, 0.1) is 0 Å². The van der Waals surface area contributed by atoms with E-state index in [1.165, 1.54) is 11.1 Å². The molecule has 0 saturated carbocycles. The number of hydrazine groups is 1. The summed E-state index contributed by atoms with van der Waals surface area (Å²) in [7, 11) is 0. The van der Waals surface area contributed by atoms with E-state index in [0.717, 1.165) is 0 Å². The molecule has 7 nitrogen and oxygen atoms in total. The fourth-order valence-electron chi connectivity index (χ4n) is 3.08. The Hall–Kier alpha value is -4.10. The number of rotatable bonds is 6. The smallest absolute Gasteiger partial charge is 0.282 e. The van der Waals surface area contributed by atoms with Crippen molar-refractivity contribution in [3.63, 3.8) is 0 Å². The van der Waals surface area contributed by atoms with Gasteiger partial charge in [-0.1, -0.05) is 48.0 Å². The highest BCUT2D eigenvalue weighted by molar-refractivity contribution is 6.31. The molecule has 4 rings (SSSR count). The van der Waals surface area contributed by atoms with Gasteiger partial charge in [-0.3, -0.25) is 19.8 Å². The zero-order valence-electron chi connectivity index (χ0n) is 16.7. The molecule has 160 valence electrons. The van der Waals surface area contributed by atoms with Gasteiger partial charge < -0.3 is 10.1 Å². The Balaban J connectivity index is 1.48. The third-order valence-electron chi connectivity index (χ3n) is 4.61. The summed E-state index contributed by atoms with van der Waals surface area (Å²) in [5.41, 5.74) is 4.17. The van der Waals surface area contributed by atoms with Crippen molar-refractivity contribution < 1.29 is 19.1 Å². The topological polar surface area (TPSA) is 87.7 Å². The van der Waals surface area contributed by atoms with Crippen LogP contribution in [0.4, 0.5) is 11.4 Å². The quantitative estimate of drug-likeness (QED) is 0.444. The number of carbonyl (C=O) groups is 3. The SMILES string of the molecule is O=C(COc1ccccc1/C=C1/C(=O)NN(c2ccccc2)C1=O)Nc1ccc(Cl)cc1. The van der Waals surface area contributed by atoms with E-state index in [0.29, 0.717) is 27.7 Å². The van der Waals surface area contributed by atoms with Gasteiger partial charge in [0.1, 0.15) is 11.3 Å². The first kappa shape index (κ1) is 21.1. The molecule has 1 saturated heterocycles. The lowest BCUT2D eigenvalue weighted by atomic mass is 10.1. The molecule has 0 bridgehead atoms. The lowest BCUT2D eigenvalue weighted by Crippen LogP contribution is -2.35. The third-order valence-corrected chi connectivity index (χ3v) is 4.86. The van der Waals surface area contributed by atoms with Gasteiger partial charge in [0.25, 0.3) is 17.7 Å². The van der Waals surface area contributed by atoms with Gasteiger partial charge in [0.15, 0.2) is 6.61 Å². The molecule has 3 aromatic rings. The van der Waals surface area contributed by atoms with Crippen molar-refractivity contribution in [2.75, 3.05) is 16.9 Å². The van der Waals surface area contributed by atoms with Crippen molar-refractivity contribution >= 4 is 46.8 Å². The van der Waals surface area contributed by atoms with E-state index in [1.54, 1.807) is 72.8 Å². The number of benzene rings is 3. The van der Waals surface area contributed by atoms with Crippen LogP contribution in [0.15, 0.2) is 84.4 Å². The molecule has 0 unspecified atom stereocenters. The average molecular weight is 448 g/mol. The Labute approximate surface area is 189 Å². The number of nitrogens with one attached hydrogen (secondary N) is 2. The Morgan fingerprint density at radius 3 is 2.41 bits per heavy atom. The molecule has 3 aromatic carbocycles. The normalized spacial score (nSPS) is 14.4. The van der Waals surface area contributed by atoms with Gasteiger partial charge in [0.2, 0.25) is 0 Å². The fraction of sp³-hybridized carbons (Fsp3) is 0.0417. The molecule has 0 spiro atoms. The average Bonchev–Trinajstić information content (AvgIpc) is 3.09. The molecule has 8 heteroatoms. The molecule has 0 aromatic heterocycles. The lowest BCUT2D eigenvalue weighted by Gasteiger charge is -2.14.